The fraction of sp³-hybridized carbons (Fsp3) is 0.667. The second-order valence-electron chi connectivity index (χ2n) is 7.09. The molecule has 0 spiro atoms. The SMILES string of the molecule is CC(C)(C)NCC(CCC1CCCO1)c1ccc(Br)cc1. The van der Waals surface area contributed by atoms with Crippen molar-refractivity contribution in [1.29, 1.82) is 0 Å². The van der Waals surface area contributed by atoms with Crippen LogP contribution in [-0.2, 0) is 4.74 Å². The summed E-state index contributed by atoms with van der Waals surface area (Å²) in [5.41, 5.74) is 1.59. The molecule has 0 bridgehead atoms. The Kier molecular flexibility index (Phi) is 6.27. The lowest BCUT2D eigenvalue weighted by atomic mass is 9.91. The molecule has 0 aliphatic carbocycles. The molecule has 1 aromatic rings. The molecule has 1 N–H and O–H groups in total. The van der Waals surface area contributed by atoms with Crippen LogP contribution in [0.4, 0.5) is 0 Å². The molecule has 118 valence electrons. The van der Waals surface area contributed by atoms with Crippen LogP contribution in [0.25, 0.3) is 0 Å². The van der Waals surface area contributed by atoms with Crippen LogP contribution in [-0.4, -0.2) is 24.8 Å². The van der Waals surface area contributed by atoms with E-state index in [9.17, 15) is 0 Å². The summed E-state index contributed by atoms with van der Waals surface area (Å²) in [5.74, 6) is 0.557. The van der Waals surface area contributed by atoms with Crippen molar-refractivity contribution in [2.24, 2.45) is 0 Å². The Hall–Kier alpha value is -0.380. The van der Waals surface area contributed by atoms with Crippen molar-refractivity contribution in [2.75, 3.05) is 13.2 Å². The van der Waals surface area contributed by atoms with E-state index in [0.29, 0.717) is 12.0 Å². The summed E-state index contributed by atoms with van der Waals surface area (Å²) < 4.78 is 6.92. The first-order valence-electron chi connectivity index (χ1n) is 8.06. The molecule has 0 saturated carbocycles. The summed E-state index contributed by atoms with van der Waals surface area (Å²) in [6, 6.07) is 8.78. The molecule has 1 aromatic carbocycles. The van der Waals surface area contributed by atoms with Crippen LogP contribution in [0.2, 0.25) is 0 Å². The summed E-state index contributed by atoms with van der Waals surface area (Å²) in [7, 11) is 0. The minimum absolute atomic E-state index is 0.164. The lowest BCUT2D eigenvalue weighted by Gasteiger charge is -2.26. The number of hydrogen-bond donors (Lipinski definition) is 1. The largest absolute Gasteiger partial charge is 0.378 e. The standard InChI is InChI=1S/C18H28BrNO/c1-18(2,3)20-13-15(8-11-17-5-4-12-21-17)14-6-9-16(19)10-7-14/h6-7,9-10,15,17,20H,4-5,8,11-13H2,1-3H3. The van der Waals surface area contributed by atoms with E-state index in [4.69, 9.17) is 4.74 Å². The highest BCUT2D eigenvalue weighted by Gasteiger charge is 2.20. The molecular formula is C18H28BrNO. The van der Waals surface area contributed by atoms with Gasteiger partial charge in [0.05, 0.1) is 6.10 Å². The monoisotopic (exact) mass is 353 g/mol. The molecule has 21 heavy (non-hydrogen) atoms. The topological polar surface area (TPSA) is 21.3 Å². The van der Waals surface area contributed by atoms with Crippen molar-refractivity contribution < 1.29 is 4.74 Å². The van der Waals surface area contributed by atoms with Gasteiger partial charge in [-0.05, 0) is 70.1 Å². The van der Waals surface area contributed by atoms with Gasteiger partial charge in [-0.25, -0.2) is 0 Å². The van der Waals surface area contributed by atoms with E-state index in [1.54, 1.807) is 0 Å². The maximum Gasteiger partial charge on any atom is 0.0576 e. The molecule has 1 fully saturated rings. The van der Waals surface area contributed by atoms with Gasteiger partial charge in [-0.15, -0.1) is 0 Å². The molecule has 1 saturated heterocycles. The van der Waals surface area contributed by atoms with Crippen LogP contribution < -0.4 is 5.32 Å². The number of rotatable bonds is 6. The van der Waals surface area contributed by atoms with Gasteiger partial charge in [-0.1, -0.05) is 28.1 Å². The quantitative estimate of drug-likeness (QED) is 0.786. The zero-order valence-electron chi connectivity index (χ0n) is 13.5. The van der Waals surface area contributed by atoms with Crippen molar-refractivity contribution in [3.8, 4) is 0 Å². The molecule has 1 aliphatic rings. The van der Waals surface area contributed by atoms with E-state index < -0.39 is 0 Å². The van der Waals surface area contributed by atoms with Crippen molar-refractivity contribution in [3.63, 3.8) is 0 Å². The molecule has 2 unspecified atom stereocenters. The Labute approximate surface area is 137 Å². The molecule has 2 rings (SSSR count). The van der Waals surface area contributed by atoms with E-state index >= 15 is 0 Å². The van der Waals surface area contributed by atoms with Gasteiger partial charge in [0, 0.05) is 23.2 Å². The lowest BCUT2D eigenvalue weighted by Crippen LogP contribution is -2.38. The molecule has 0 amide bonds. The Morgan fingerprint density at radius 3 is 2.57 bits per heavy atom. The van der Waals surface area contributed by atoms with Gasteiger partial charge >= 0.3 is 0 Å². The van der Waals surface area contributed by atoms with Crippen molar-refractivity contribution in [1.82, 2.24) is 5.32 Å². The fourth-order valence-corrected chi connectivity index (χ4v) is 3.07. The predicted molar refractivity (Wildman–Crippen MR) is 92.8 cm³/mol. The van der Waals surface area contributed by atoms with E-state index in [1.165, 1.54) is 31.2 Å². The molecule has 2 atom stereocenters. The fourth-order valence-electron chi connectivity index (χ4n) is 2.81. The average molecular weight is 354 g/mol. The van der Waals surface area contributed by atoms with Gasteiger partial charge in [0.15, 0.2) is 0 Å². The Bertz CT molecular complexity index is 418. The molecule has 0 radical (unpaired) electrons. The van der Waals surface area contributed by atoms with Crippen LogP contribution in [0.5, 0.6) is 0 Å². The van der Waals surface area contributed by atoms with E-state index in [0.717, 1.165) is 17.6 Å². The van der Waals surface area contributed by atoms with Crippen LogP contribution in [0, 0.1) is 0 Å². The third-order valence-corrected chi connectivity index (χ3v) is 4.61. The Balaban J connectivity index is 1.96. The molecule has 1 aliphatic heterocycles. The number of nitrogens with one attached hydrogen (secondary N) is 1. The smallest absolute Gasteiger partial charge is 0.0576 e. The van der Waals surface area contributed by atoms with Crippen LogP contribution >= 0.6 is 15.9 Å². The molecule has 3 heteroatoms. The molecule has 0 aromatic heterocycles. The molecular weight excluding hydrogens is 326 g/mol. The molecule has 1 heterocycles. The van der Waals surface area contributed by atoms with E-state index in [2.05, 4.69) is 66.3 Å². The van der Waals surface area contributed by atoms with Crippen LogP contribution in [0.3, 0.4) is 0 Å². The van der Waals surface area contributed by atoms with E-state index in [-0.39, 0.29) is 5.54 Å². The van der Waals surface area contributed by atoms with E-state index in [1.807, 2.05) is 0 Å². The highest BCUT2D eigenvalue weighted by Crippen LogP contribution is 2.27. The zero-order valence-corrected chi connectivity index (χ0v) is 15.1. The minimum Gasteiger partial charge on any atom is -0.378 e. The highest BCUT2D eigenvalue weighted by atomic mass is 79.9. The first-order chi connectivity index (χ1) is 9.94. The first-order valence-corrected chi connectivity index (χ1v) is 8.85. The Morgan fingerprint density at radius 1 is 1.29 bits per heavy atom. The Morgan fingerprint density at radius 2 is 2.00 bits per heavy atom. The van der Waals surface area contributed by atoms with Crippen molar-refractivity contribution in [3.05, 3.63) is 34.3 Å². The van der Waals surface area contributed by atoms with Gasteiger partial charge < -0.3 is 10.1 Å². The summed E-state index contributed by atoms with van der Waals surface area (Å²) in [6.45, 7) is 8.66. The summed E-state index contributed by atoms with van der Waals surface area (Å²) in [6.07, 6.45) is 5.31. The van der Waals surface area contributed by atoms with Crippen molar-refractivity contribution in [2.45, 2.75) is 64.0 Å². The summed E-state index contributed by atoms with van der Waals surface area (Å²) in [4.78, 5) is 0. The van der Waals surface area contributed by atoms with Crippen molar-refractivity contribution >= 4 is 15.9 Å². The van der Waals surface area contributed by atoms with Gasteiger partial charge in [0.1, 0.15) is 0 Å². The summed E-state index contributed by atoms with van der Waals surface area (Å²) in [5, 5.41) is 3.66. The highest BCUT2D eigenvalue weighted by molar-refractivity contribution is 9.10. The second kappa shape index (κ2) is 7.75. The second-order valence-corrected chi connectivity index (χ2v) is 8.01. The first kappa shape index (κ1) is 17.0. The van der Waals surface area contributed by atoms with Crippen LogP contribution in [0.1, 0.15) is 57.9 Å². The zero-order chi connectivity index (χ0) is 15.3. The third kappa shape index (κ3) is 6.09. The summed E-state index contributed by atoms with van der Waals surface area (Å²) >= 11 is 3.52. The molecule has 2 nitrogen and oxygen atoms in total. The van der Waals surface area contributed by atoms with Gasteiger partial charge in [0.25, 0.3) is 0 Å². The lowest BCUT2D eigenvalue weighted by molar-refractivity contribution is 0.100. The van der Waals surface area contributed by atoms with Gasteiger partial charge in [0.2, 0.25) is 0 Å². The number of halogens is 1. The minimum atomic E-state index is 0.164. The third-order valence-electron chi connectivity index (χ3n) is 4.08. The number of hydrogen-bond acceptors (Lipinski definition) is 2. The maximum absolute atomic E-state index is 5.78. The maximum atomic E-state index is 5.78. The predicted octanol–water partition coefficient (Wildman–Crippen LogP) is 4.88. The van der Waals surface area contributed by atoms with Crippen LogP contribution in [0.15, 0.2) is 28.7 Å². The number of benzene rings is 1. The normalized spacial score (nSPS) is 20.7. The number of ether oxygens (including phenoxy) is 1. The average Bonchev–Trinajstić information content (AvgIpc) is 2.92. The van der Waals surface area contributed by atoms with Gasteiger partial charge in [-0.3, -0.25) is 0 Å². The van der Waals surface area contributed by atoms with Gasteiger partial charge in [-0.2, -0.15) is 0 Å².